The zero-order valence-electron chi connectivity index (χ0n) is 24.1. The van der Waals surface area contributed by atoms with Crippen LogP contribution in [0, 0.1) is 17.5 Å². The molecule has 2 aromatic carbocycles. The van der Waals surface area contributed by atoms with Gasteiger partial charge in [-0.2, -0.15) is 11.8 Å². The van der Waals surface area contributed by atoms with E-state index in [-0.39, 0.29) is 18.4 Å². The maximum Gasteiger partial charge on any atom is 0.305 e. The second kappa shape index (κ2) is 15.9. The molecular formula is C29H33F3N6O6S. The van der Waals surface area contributed by atoms with Crippen LogP contribution >= 0.6 is 11.8 Å². The van der Waals surface area contributed by atoms with Crippen LogP contribution in [0.1, 0.15) is 24.0 Å². The molecule has 0 unspecified atom stereocenters. The SMILES string of the molecule is CSCC[C@H](NC(=O)[C@H](N)Cc1c[nH]c2ccccc12)C(=O)N[C@@H](CC(=O)O)C(=O)N[C@@H](Cc1cc(F)c(F)c(F)c1)C(N)=O. The van der Waals surface area contributed by atoms with Gasteiger partial charge in [0.05, 0.1) is 12.5 Å². The zero-order chi connectivity index (χ0) is 33.3. The Morgan fingerprint density at radius 1 is 0.911 bits per heavy atom. The van der Waals surface area contributed by atoms with E-state index in [0.717, 1.165) is 16.5 Å². The molecule has 242 valence electrons. The Morgan fingerprint density at radius 2 is 1.51 bits per heavy atom. The van der Waals surface area contributed by atoms with Gasteiger partial charge in [-0.1, -0.05) is 18.2 Å². The van der Waals surface area contributed by atoms with E-state index in [2.05, 4.69) is 20.9 Å². The molecule has 4 atom stereocenters. The Balaban J connectivity index is 1.72. The van der Waals surface area contributed by atoms with Gasteiger partial charge in [0.25, 0.3) is 0 Å². The number of carboxylic acid groups (broad SMARTS) is 1. The fourth-order valence-corrected chi connectivity index (χ4v) is 5.00. The molecule has 0 aliphatic heterocycles. The van der Waals surface area contributed by atoms with Crippen molar-refractivity contribution in [1.29, 1.82) is 0 Å². The molecular weight excluding hydrogens is 617 g/mol. The number of para-hydroxylation sites is 1. The first-order valence-corrected chi connectivity index (χ1v) is 15.0. The van der Waals surface area contributed by atoms with Gasteiger partial charge in [-0.15, -0.1) is 0 Å². The number of aromatic nitrogens is 1. The predicted octanol–water partition coefficient (Wildman–Crippen LogP) is 0.865. The van der Waals surface area contributed by atoms with Crippen molar-refractivity contribution in [3.8, 4) is 0 Å². The fourth-order valence-electron chi connectivity index (χ4n) is 4.53. The molecule has 0 saturated heterocycles. The molecule has 0 saturated carbocycles. The largest absolute Gasteiger partial charge is 0.481 e. The summed E-state index contributed by atoms with van der Waals surface area (Å²) in [4.78, 5) is 65.9. The minimum absolute atomic E-state index is 0.103. The number of hydrogen-bond acceptors (Lipinski definition) is 7. The maximum atomic E-state index is 13.7. The molecule has 3 rings (SSSR count). The number of fused-ring (bicyclic) bond motifs is 1. The van der Waals surface area contributed by atoms with E-state index in [1.807, 2.05) is 24.3 Å². The zero-order valence-corrected chi connectivity index (χ0v) is 24.9. The van der Waals surface area contributed by atoms with Gasteiger partial charge in [0, 0.05) is 23.5 Å². The number of H-pyrrole nitrogens is 1. The third kappa shape index (κ3) is 9.71. The lowest BCUT2D eigenvalue weighted by Crippen LogP contribution is -2.58. The minimum atomic E-state index is -1.74. The monoisotopic (exact) mass is 650 g/mol. The number of benzene rings is 2. The van der Waals surface area contributed by atoms with Gasteiger partial charge in [0.2, 0.25) is 23.6 Å². The van der Waals surface area contributed by atoms with Crippen LogP contribution in [-0.4, -0.2) is 75.9 Å². The van der Waals surface area contributed by atoms with Crippen molar-refractivity contribution < 1.29 is 42.3 Å². The summed E-state index contributed by atoms with van der Waals surface area (Å²) in [5, 5.41) is 17.3. The molecule has 3 aromatic rings. The van der Waals surface area contributed by atoms with Crippen LogP contribution in [0.4, 0.5) is 13.2 Å². The van der Waals surface area contributed by atoms with Crippen molar-refractivity contribution in [1.82, 2.24) is 20.9 Å². The van der Waals surface area contributed by atoms with Crippen LogP contribution in [0.25, 0.3) is 10.9 Å². The van der Waals surface area contributed by atoms with Crippen LogP contribution in [0.3, 0.4) is 0 Å². The van der Waals surface area contributed by atoms with E-state index in [9.17, 15) is 42.3 Å². The average molecular weight is 651 g/mol. The van der Waals surface area contributed by atoms with Crippen LogP contribution in [0.15, 0.2) is 42.6 Å². The normalized spacial score (nSPS) is 13.8. The van der Waals surface area contributed by atoms with Crippen LogP contribution < -0.4 is 27.4 Å². The first kappa shape index (κ1) is 34.9. The first-order chi connectivity index (χ1) is 21.3. The number of nitrogens with one attached hydrogen (secondary N) is 4. The number of thioether (sulfide) groups is 1. The summed E-state index contributed by atoms with van der Waals surface area (Å²) < 4.78 is 40.6. The first-order valence-electron chi connectivity index (χ1n) is 13.7. The van der Waals surface area contributed by atoms with Gasteiger partial charge in [-0.3, -0.25) is 24.0 Å². The van der Waals surface area contributed by atoms with Gasteiger partial charge >= 0.3 is 5.97 Å². The van der Waals surface area contributed by atoms with E-state index in [1.165, 1.54) is 11.8 Å². The van der Waals surface area contributed by atoms with Crippen molar-refractivity contribution in [2.75, 3.05) is 12.0 Å². The number of halogens is 3. The van der Waals surface area contributed by atoms with Crippen LogP contribution in [0.2, 0.25) is 0 Å². The summed E-state index contributed by atoms with van der Waals surface area (Å²) >= 11 is 1.37. The number of nitrogens with two attached hydrogens (primary N) is 2. The molecule has 4 amide bonds. The van der Waals surface area contributed by atoms with E-state index in [0.29, 0.717) is 17.9 Å². The summed E-state index contributed by atoms with van der Waals surface area (Å²) in [5.41, 5.74) is 12.9. The number of carbonyl (C=O) groups excluding carboxylic acids is 4. The Kier molecular flexibility index (Phi) is 12.4. The highest BCUT2D eigenvalue weighted by molar-refractivity contribution is 7.98. The predicted molar refractivity (Wildman–Crippen MR) is 160 cm³/mol. The number of amides is 4. The number of primary amides is 1. The third-order valence-corrected chi connectivity index (χ3v) is 7.49. The van der Waals surface area contributed by atoms with Gasteiger partial charge in [0.1, 0.15) is 18.1 Å². The van der Waals surface area contributed by atoms with E-state index < -0.39 is 84.1 Å². The summed E-state index contributed by atoms with van der Waals surface area (Å²) in [6.07, 6.45) is 2.25. The summed E-state index contributed by atoms with van der Waals surface area (Å²) in [6, 6.07) is 3.04. The van der Waals surface area contributed by atoms with Gasteiger partial charge in [-0.05, 0) is 54.2 Å². The van der Waals surface area contributed by atoms with Crippen molar-refractivity contribution in [2.45, 2.75) is 49.9 Å². The smallest absolute Gasteiger partial charge is 0.305 e. The van der Waals surface area contributed by atoms with Crippen LogP contribution in [-0.2, 0) is 36.8 Å². The Morgan fingerprint density at radius 3 is 2.13 bits per heavy atom. The van der Waals surface area contributed by atoms with E-state index in [4.69, 9.17) is 11.5 Å². The Labute approximate surface area is 259 Å². The lowest BCUT2D eigenvalue weighted by molar-refractivity contribution is -0.141. The molecule has 0 bridgehead atoms. The quantitative estimate of drug-likeness (QED) is 0.110. The molecule has 1 heterocycles. The number of rotatable bonds is 16. The summed E-state index contributed by atoms with van der Waals surface area (Å²) in [5.74, 6) is -9.73. The van der Waals surface area contributed by atoms with Gasteiger partial charge in [-0.25, -0.2) is 13.2 Å². The highest BCUT2D eigenvalue weighted by Gasteiger charge is 2.31. The molecule has 0 radical (unpaired) electrons. The summed E-state index contributed by atoms with van der Waals surface area (Å²) in [7, 11) is 0. The van der Waals surface area contributed by atoms with Crippen molar-refractivity contribution in [3.05, 3.63) is 71.2 Å². The molecule has 0 spiro atoms. The number of carbonyl (C=O) groups is 5. The number of carboxylic acids is 1. The molecule has 0 aliphatic carbocycles. The van der Waals surface area contributed by atoms with Crippen LogP contribution in [0.5, 0.6) is 0 Å². The Bertz CT molecular complexity index is 1550. The molecule has 16 heteroatoms. The second-order valence-electron chi connectivity index (χ2n) is 10.2. The van der Waals surface area contributed by atoms with E-state index in [1.54, 1.807) is 12.5 Å². The molecule has 0 fully saturated rings. The average Bonchev–Trinajstić information content (AvgIpc) is 3.39. The minimum Gasteiger partial charge on any atom is -0.481 e. The molecule has 45 heavy (non-hydrogen) atoms. The van der Waals surface area contributed by atoms with E-state index >= 15 is 0 Å². The van der Waals surface area contributed by atoms with Gasteiger partial charge < -0.3 is 37.5 Å². The maximum absolute atomic E-state index is 13.7. The number of hydrogen-bond donors (Lipinski definition) is 7. The number of aromatic amines is 1. The summed E-state index contributed by atoms with van der Waals surface area (Å²) in [6.45, 7) is 0. The fraction of sp³-hybridized carbons (Fsp3) is 0.345. The molecule has 0 aliphatic rings. The lowest BCUT2D eigenvalue weighted by Gasteiger charge is -2.25. The standard InChI is InChI=1S/C29H33F3N6O6S/c1-45-7-6-21(36-27(42)19(33)11-15-13-35-20-5-3-2-4-16(15)20)28(43)38-23(12-24(39)40)29(44)37-22(26(34)41)10-14-8-17(30)25(32)18(31)9-14/h2-5,8-9,13,19,21-23,35H,6-7,10-12,33H2,1H3,(H2,34,41)(H,36,42)(H,37,44)(H,38,43)(H,39,40)/t19-,21+,22+,23+/m1/s1. The van der Waals surface area contributed by atoms with Crippen molar-refractivity contribution >= 4 is 52.3 Å². The Hall–Kier alpha value is -4.57. The molecule has 12 nitrogen and oxygen atoms in total. The van der Waals surface area contributed by atoms with Gasteiger partial charge in [0.15, 0.2) is 17.5 Å². The van der Waals surface area contributed by atoms with Crippen molar-refractivity contribution in [3.63, 3.8) is 0 Å². The third-order valence-electron chi connectivity index (χ3n) is 6.85. The molecule has 9 N–H and O–H groups in total. The highest BCUT2D eigenvalue weighted by Crippen LogP contribution is 2.19. The highest BCUT2D eigenvalue weighted by atomic mass is 32.2. The number of aliphatic carboxylic acids is 1. The topological polar surface area (TPSA) is 209 Å². The lowest BCUT2D eigenvalue weighted by atomic mass is 10.0. The second-order valence-corrected chi connectivity index (χ2v) is 11.2. The molecule has 1 aromatic heterocycles. The van der Waals surface area contributed by atoms with Crippen molar-refractivity contribution in [2.24, 2.45) is 11.5 Å².